The van der Waals surface area contributed by atoms with Crippen molar-refractivity contribution in [3.63, 3.8) is 0 Å². The van der Waals surface area contributed by atoms with Crippen LogP contribution in [0.4, 0.5) is 0 Å². The van der Waals surface area contributed by atoms with E-state index >= 15 is 0 Å². The molecular formula is C19H29N5O2. The Labute approximate surface area is 155 Å². The number of carbonyl (C=O) groups excluding carboxylic acids is 1. The molecule has 0 radical (unpaired) electrons. The summed E-state index contributed by atoms with van der Waals surface area (Å²) in [7, 11) is 2.19. The number of amides is 1. The van der Waals surface area contributed by atoms with Crippen molar-refractivity contribution in [3.05, 3.63) is 24.3 Å². The summed E-state index contributed by atoms with van der Waals surface area (Å²) in [6.07, 6.45) is 7.82. The summed E-state index contributed by atoms with van der Waals surface area (Å²) in [6, 6.07) is 0. The summed E-state index contributed by atoms with van der Waals surface area (Å²) in [5, 5.41) is 0. The number of nitrogens with zero attached hydrogens (tertiary/aromatic N) is 5. The van der Waals surface area contributed by atoms with Gasteiger partial charge in [0.05, 0.1) is 24.9 Å². The smallest absolute Gasteiger partial charge is 0.274 e. The van der Waals surface area contributed by atoms with E-state index in [2.05, 4.69) is 26.8 Å². The fourth-order valence-corrected chi connectivity index (χ4v) is 4.58. The number of likely N-dealkylation sites (N-methyl/N-ethyl adjacent to an activating group) is 1. The van der Waals surface area contributed by atoms with Crippen LogP contribution in [0.25, 0.3) is 0 Å². The quantitative estimate of drug-likeness (QED) is 0.793. The minimum absolute atomic E-state index is 0.0247. The van der Waals surface area contributed by atoms with Gasteiger partial charge in [-0.15, -0.1) is 0 Å². The number of likely N-dealkylation sites (tertiary alicyclic amines) is 1. The van der Waals surface area contributed by atoms with Crippen molar-refractivity contribution in [1.29, 1.82) is 0 Å². The van der Waals surface area contributed by atoms with Gasteiger partial charge in [0, 0.05) is 51.7 Å². The van der Waals surface area contributed by atoms with Crippen LogP contribution in [0.15, 0.2) is 18.6 Å². The number of aromatic nitrogens is 2. The zero-order chi connectivity index (χ0) is 18.0. The molecule has 0 N–H and O–H groups in total. The highest BCUT2D eigenvalue weighted by Gasteiger charge is 2.45. The van der Waals surface area contributed by atoms with Gasteiger partial charge in [-0.25, -0.2) is 4.98 Å². The minimum Gasteiger partial charge on any atom is -0.373 e. The number of carbonyl (C=O) groups is 1. The Morgan fingerprint density at radius 1 is 1.27 bits per heavy atom. The number of hydrogen-bond donors (Lipinski definition) is 0. The third-order valence-corrected chi connectivity index (χ3v) is 6.01. The number of piperazine rings is 1. The van der Waals surface area contributed by atoms with E-state index in [1.807, 2.05) is 4.90 Å². The third-order valence-electron chi connectivity index (χ3n) is 6.01. The topological polar surface area (TPSA) is 61.8 Å². The van der Waals surface area contributed by atoms with E-state index < -0.39 is 0 Å². The number of rotatable bonds is 3. The molecule has 3 saturated heterocycles. The fraction of sp³-hybridized carbons (Fsp3) is 0.737. The SMILES string of the molecule is CN1CCN(C[C@@H]2CO[C@@]3(CCCN(C(=O)c4cnccn4)C3)C2)CC1. The average molecular weight is 359 g/mol. The molecule has 0 aromatic carbocycles. The molecule has 4 rings (SSSR count). The zero-order valence-corrected chi connectivity index (χ0v) is 15.6. The van der Waals surface area contributed by atoms with Crippen molar-refractivity contribution in [1.82, 2.24) is 24.7 Å². The molecule has 7 heteroatoms. The molecule has 3 aliphatic heterocycles. The number of piperidine rings is 1. The molecule has 1 spiro atoms. The first-order valence-electron chi connectivity index (χ1n) is 9.74. The molecule has 0 aliphatic carbocycles. The van der Waals surface area contributed by atoms with Crippen LogP contribution in [-0.4, -0.2) is 95.6 Å². The first-order chi connectivity index (χ1) is 12.6. The second-order valence-corrected chi connectivity index (χ2v) is 8.09. The average Bonchev–Trinajstić information content (AvgIpc) is 3.05. The standard InChI is InChI=1S/C19H29N5O2/c1-22-7-9-23(10-8-22)13-16-11-19(26-14-16)3-2-6-24(15-19)18(25)17-12-20-4-5-21-17/h4-5,12,16H,2-3,6-11,13-15H2,1H3/t16-,19+/m1/s1. The van der Waals surface area contributed by atoms with Crippen molar-refractivity contribution < 1.29 is 9.53 Å². The predicted molar refractivity (Wildman–Crippen MR) is 97.9 cm³/mol. The van der Waals surface area contributed by atoms with Gasteiger partial charge in [0.1, 0.15) is 5.69 Å². The molecule has 3 aliphatic rings. The van der Waals surface area contributed by atoms with Crippen molar-refractivity contribution in [2.45, 2.75) is 24.9 Å². The Bertz CT molecular complexity index is 620. The van der Waals surface area contributed by atoms with Crippen LogP contribution >= 0.6 is 0 Å². The van der Waals surface area contributed by atoms with Crippen LogP contribution in [0.3, 0.4) is 0 Å². The van der Waals surface area contributed by atoms with E-state index in [0.717, 1.165) is 65.1 Å². The normalized spacial score (nSPS) is 30.8. The molecule has 1 aromatic rings. The van der Waals surface area contributed by atoms with Crippen LogP contribution in [0.2, 0.25) is 0 Å². The summed E-state index contributed by atoms with van der Waals surface area (Å²) < 4.78 is 6.31. The van der Waals surface area contributed by atoms with E-state index in [4.69, 9.17) is 4.74 Å². The Hall–Kier alpha value is -1.57. The molecule has 4 heterocycles. The lowest BCUT2D eigenvalue weighted by Crippen LogP contribution is -2.50. The summed E-state index contributed by atoms with van der Waals surface area (Å²) in [6.45, 7) is 8.01. The Morgan fingerprint density at radius 2 is 2.12 bits per heavy atom. The van der Waals surface area contributed by atoms with Crippen LogP contribution in [0.5, 0.6) is 0 Å². The van der Waals surface area contributed by atoms with Crippen molar-refractivity contribution in [2.75, 3.05) is 59.5 Å². The second kappa shape index (κ2) is 7.58. The van der Waals surface area contributed by atoms with Gasteiger partial charge in [0.2, 0.25) is 0 Å². The Morgan fingerprint density at radius 3 is 2.88 bits per heavy atom. The molecule has 142 valence electrons. The Kier molecular flexibility index (Phi) is 5.20. The maximum Gasteiger partial charge on any atom is 0.274 e. The molecule has 0 bridgehead atoms. The molecule has 1 amide bonds. The van der Waals surface area contributed by atoms with Gasteiger partial charge in [0.15, 0.2) is 0 Å². The summed E-state index contributed by atoms with van der Waals surface area (Å²) in [4.78, 5) is 27.8. The van der Waals surface area contributed by atoms with Gasteiger partial charge in [-0.1, -0.05) is 0 Å². The predicted octanol–water partition coefficient (Wildman–Crippen LogP) is 0.735. The maximum absolute atomic E-state index is 12.7. The van der Waals surface area contributed by atoms with E-state index in [1.165, 1.54) is 0 Å². The van der Waals surface area contributed by atoms with Gasteiger partial charge in [0.25, 0.3) is 5.91 Å². The Balaban J connectivity index is 1.34. The van der Waals surface area contributed by atoms with Gasteiger partial charge < -0.3 is 19.4 Å². The minimum atomic E-state index is -0.159. The highest BCUT2D eigenvalue weighted by atomic mass is 16.5. The van der Waals surface area contributed by atoms with Crippen LogP contribution in [0.1, 0.15) is 29.8 Å². The van der Waals surface area contributed by atoms with E-state index in [9.17, 15) is 4.79 Å². The summed E-state index contributed by atoms with van der Waals surface area (Å²) in [5.41, 5.74) is 0.268. The highest BCUT2D eigenvalue weighted by Crippen LogP contribution is 2.38. The van der Waals surface area contributed by atoms with Crippen LogP contribution in [-0.2, 0) is 4.74 Å². The lowest BCUT2D eigenvalue weighted by atomic mass is 9.86. The van der Waals surface area contributed by atoms with Crippen LogP contribution in [0, 0.1) is 5.92 Å². The molecule has 2 atom stereocenters. The second-order valence-electron chi connectivity index (χ2n) is 8.09. The van der Waals surface area contributed by atoms with Gasteiger partial charge in [-0.2, -0.15) is 0 Å². The van der Waals surface area contributed by atoms with Crippen molar-refractivity contribution >= 4 is 5.91 Å². The molecule has 0 saturated carbocycles. The summed E-state index contributed by atoms with van der Waals surface area (Å²) >= 11 is 0. The van der Waals surface area contributed by atoms with Crippen LogP contribution < -0.4 is 0 Å². The lowest BCUT2D eigenvalue weighted by molar-refractivity contribution is -0.0452. The first-order valence-corrected chi connectivity index (χ1v) is 9.74. The largest absolute Gasteiger partial charge is 0.373 e. The first kappa shape index (κ1) is 17.8. The molecule has 3 fully saturated rings. The maximum atomic E-state index is 12.7. The highest BCUT2D eigenvalue weighted by molar-refractivity contribution is 5.92. The van der Waals surface area contributed by atoms with Gasteiger partial charge in [-0.3, -0.25) is 9.78 Å². The third kappa shape index (κ3) is 3.89. The fourth-order valence-electron chi connectivity index (χ4n) is 4.58. The number of hydrogen-bond acceptors (Lipinski definition) is 6. The van der Waals surface area contributed by atoms with Crippen molar-refractivity contribution in [2.24, 2.45) is 5.92 Å². The zero-order valence-electron chi connectivity index (χ0n) is 15.6. The molecule has 7 nitrogen and oxygen atoms in total. The van der Waals surface area contributed by atoms with Crippen molar-refractivity contribution in [3.8, 4) is 0 Å². The van der Waals surface area contributed by atoms with Gasteiger partial charge in [-0.05, 0) is 32.2 Å². The molecular weight excluding hydrogens is 330 g/mol. The van der Waals surface area contributed by atoms with E-state index in [-0.39, 0.29) is 11.5 Å². The lowest BCUT2D eigenvalue weighted by Gasteiger charge is -2.40. The molecule has 1 aromatic heterocycles. The van der Waals surface area contributed by atoms with Gasteiger partial charge >= 0.3 is 0 Å². The summed E-state index contributed by atoms with van der Waals surface area (Å²) in [5.74, 6) is 0.549. The van der Waals surface area contributed by atoms with E-state index in [0.29, 0.717) is 18.2 Å². The number of ether oxygens (including phenoxy) is 1. The molecule has 0 unspecified atom stereocenters. The monoisotopic (exact) mass is 359 g/mol. The van der Waals surface area contributed by atoms with E-state index in [1.54, 1.807) is 18.6 Å². The molecule has 26 heavy (non-hydrogen) atoms.